The summed E-state index contributed by atoms with van der Waals surface area (Å²) >= 11 is 5.90. The fraction of sp³-hybridized carbons (Fsp3) is 0.441. The lowest BCUT2D eigenvalue weighted by Gasteiger charge is -2.39. The van der Waals surface area contributed by atoms with Crippen LogP contribution in [-0.4, -0.2) is 51.3 Å². The Balaban J connectivity index is 1.09. The third kappa shape index (κ3) is 7.39. The summed E-state index contributed by atoms with van der Waals surface area (Å²) in [4.78, 5) is 21.4. The van der Waals surface area contributed by atoms with Crippen molar-refractivity contribution in [3.05, 3.63) is 82.5 Å². The van der Waals surface area contributed by atoms with Gasteiger partial charge in [0.05, 0.1) is 29.8 Å². The molecule has 2 aliphatic heterocycles. The lowest BCUT2D eigenvalue weighted by Crippen LogP contribution is -2.45. The molecule has 2 N–H and O–H groups in total. The summed E-state index contributed by atoms with van der Waals surface area (Å²) < 4.78 is 28.9. The Morgan fingerprint density at radius 1 is 1.18 bits per heavy atom. The van der Waals surface area contributed by atoms with Gasteiger partial charge in [-0.25, -0.2) is 14.4 Å². The number of halogens is 2. The van der Waals surface area contributed by atoms with Crippen LogP contribution in [0.4, 0.5) is 10.1 Å². The highest BCUT2D eigenvalue weighted by Gasteiger charge is 2.35. The molecular weight excluding hydrogens is 581 g/mol. The minimum Gasteiger partial charge on any atom is -0.474 e. The van der Waals surface area contributed by atoms with E-state index in [1.54, 1.807) is 12.1 Å². The standard InChI is InChI=1S/C34H39ClFN5O3/c1-22(42)38-27-11-12-30-31(19-27)41(21-34(2)14-16-43-34)32(40-30)20-25-5-3-7-28(13-15-37-25)44-33-8-4-6-26(39-33)17-23-9-10-24(35)18-29(23)36/h4,6,8-12,18-19,25,28,37H,3,5,7,13-17,20-21H2,1-2H3,(H,38,42)/t25?,28?,34-/m0/s1. The molecule has 10 heteroatoms. The molecule has 2 aliphatic rings. The third-order valence-electron chi connectivity index (χ3n) is 8.58. The van der Waals surface area contributed by atoms with Gasteiger partial charge in [-0.3, -0.25) is 4.79 Å². The smallest absolute Gasteiger partial charge is 0.221 e. The summed E-state index contributed by atoms with van der Waals surface area (Å²) in [7, 11) is 0. The minimum atomic E-state index is -0.331. The predicted molar refractivity (Wildman–Crippen MR) is 170 cm³/mol. The van der Waals surface area contributed by atoms with Gasteiger partial charge in [-0.2, -0.15) is 0 Å². The van der Waals surface area contributed by atoms with Gasteiger partial charge in [0.25, 0.3) is 0 Å². The zero-order chi connectivity index (χ0) is 30.7. The van der Waals surface area contributed by atoms with Gasteiger partial charge in [0, 0.05) is 54.7 Å². The molecule has 8 nitrogen and oxygen atoms in total. The Kier molecular flexibility index (Phi) is 9.16. The van der Waals surface area contributed by atoms with Crippen molar-refractivity contribution < 1.29 is 18.7 Å². The van der Waals surface area contributed by atoms with E-state index in [1.165, 1.54) is 13.0 Å². The molecule has 0 spiro atoms. The van der Waals surface area contributed by atoms with Crippen molar-refractivity contribution in [1.29, 1.82) is 0 Å². The van der Waals surface area contributed by atoms with Crippen LogP contribution in [0.3, 0.4) is 0 Å². The number of anilines is 1. The van der Waals surface area contributed by atoms with Crippen molar-refractivity contribution >= 4 is 34.2 Å². The van der Waals surface area contributed by atoms with Crippen LogP contribution in [0.2, 0.25) is 5.02 Å². The van der Waals surface area contributed by atoms with Gasteiger partial charge in [-0.15, -0.1) is 0 Å². The third-order valence-corrected chi connectivity index (χ3v) is 8.82. The molecule has 2 unspecified atom stereocenters. The average Bonchev–Trinajstić information content (AvgIpc) is 3.27. The summed E-state index contributed by atoms with van der Waals surface area (Å²) in [6.07, 6.45) is 6.02. The maximum absolute atomic E-state index is 14.3. The van der Waals surface area contributed by atoms with Crippen LogP contribution in [0.15, 0.2) is 54.6 Å². The number of imidazole rings is 1. The molecule has 2 aromatic heterocycles. The van der Waals surface area contributed by atoms with Gasteiger partial charge in [0.1, 0.15) is 17.7 Å². The summed E-state index contributed by atoms with van der Waals surface area (Å²) in [6.45, 7) is 5.99. The van der Waals surface area contributed by atoms with Gasteiger partial charge < -0.3 is 24.7 Å². The molecular formula is C34H39ClFN5O3. The highest BCUT2D eigenvalue weighted by Crippen LogP contribution is 2.31. The summed E-state index contributed by atoms with van der Waals surface area (Å²) in [5.41, 5.74) is 3.79. The summed E-state index contributed by atoms with van der Waals surface area (Å²) in [5.74, 6) is 1.17. The number of nitrogens with zero attached hydrogens (tertiary/aromatic N) is 3. The maximum Gasteiger partial charge on any atom is 0.221 e. The van der Waals surface area contributed by atoms with Gasteiger partial charge in [0.15, 0.2) is 0 Å². The summed E-state index contributed by atoms with van der Waals surface area (Å²) in [5, 5.41) is 7.03. The Morgan fingerprint density at radius 2 is 2.05 bits per heavy atom. The molecule has 6 rings (SSSR count). The molecule has 0 aliphatic carbocycles. The SMILES string of the molecule is CC(=O)Nc1ccc2nc(CC3CCCC(Oc4cccc(Cc5ccc(Cl)cc5F)n4)CCN3)n(C[C@]3(C)CCO3)c2c1. The second kappa shape index (κ2) is 13.2. The topological polar surface area (TPSA) is 90.3 Å². The summed E-state index contributed by atoms with van der Waals surface area (Å²) in [6, 6.07) is 16.6. The van der Waals surface area contributed by atoms with Gasteiger partial charge >= 0.3 is 0 Å². The number of carbonyl (C=O) groups excluding carboxylic acids is 1. The Labute approximate surface area is 262 Å². The Bertz CT molecular complexity index is 1630. The molecule has 2 fully saturated rings. The molecule has 2 aromatic carbocycles. The fourth-order valence-electron chi connectivity index (χ4n) is 6.15. The largest absolute Gasteiger partial charge is 0.474 e. The van der Waals surface area contributed by atoms with Crippen LogP contribution in [0.5, 0.6) is 5.88 Å². The number of nitrogens with one attached hydrogen (secondary N) is 2. The van der Waals surface area contributed by atoms with E-state index >= 15 is 0 Å². The molecule has 4 heterocycles. The van der Waals surface area contributed by atoms with E-state index in [2.05, 4.69) is 27.1 Å². The van der Waals surface area contributed by atoms with Crippen LogP contribution in [0.25, 0.3) is 11.0 Å². The van der Waals surface area contributed by atoms with Crippen molar-refractivity contribution in [3.63, 3.8) is 0 Å². The molecule has 44 heavy (non-hydrogen) atoms. The lowest BCUT2D eigenvalue weighted by atomic mass is 9.96. The van der Waals surface area contributed by atoms with Crippen LogP contribution in [-0.2, 0) is 28.9 Å². The van der Waals surface area contributed by atoms with Crippen molar-refractivity contribution in [2.45, 2.75) is 83.1 Å². The molecule has 3 atom stereocenters. The number of benzene rings is 2. The maximum atomic E-state index is 14.3. The molecule has 1 amide bonds. The van der Waals surface area contributed by atoms with Gasteiger partial charge in [-0.1, -0.05) is 23.7 Å². The second-order valence-electron chi connectivity index (χ2n) is 12.2. The van der Waals surface area contributed by atoms with E-state index in [0.717, 1.165) is 86.5 Å². The number of hydrogen-bond acceptors (Lipinski definition) is 6. The number of hydrogen-bond donors (Lipinski definition) is 2. The number of amides is 1. The van der Waals surface area contributed by atoms with Gasteiger partial charge in [-0.05, 0) is 81.1 Å². The van der Waals surface area contributed by atoms with Gasteiger partial charge in [0.2, 0.25) is 11.8 Å². The molecule has 232 valence electrons. The predicted octanol–water partition coefficient (Wildman–Crippen LogP) is 6.47. The number of fused-ring (bicyclic) bond motifs is 1. The Hall–Kier alpha value is -3.53. The first kappa shape index (κ1) is 30.5. The number of pyridine rings is 1. The zero-order valence-electron chi connectivity index (χ0n) is 25.2. The Morgan fingerprint density at radius 3 is 2.82 bits per heavy atom. The van der Waals surface area contributed by atoms with E-state index in [0.29, 0.717) is 22.9 Å². The monoisotopic (exact) mass is 619 g/mol. The highest BCUT2D eigenvalue weighted by atomic mass is 35.5. The number of rotatable bonds is 9. The highest BCUT2D eigenvalue weighted by molar-refractivity contribution is 6.30. The van der Waals surface area contributed by atoms with E-state index in [1.807, 2.05) is 36.4 Å². The van der Waals surface area contributed by atoms with Crippen molar-refractivity contribution in [3.8, 4) is 5.88 Å². The van der Waals surface area contributed by atoms with Crippen molar-refractivity contribution in [2.24, 2.45) is 0 Å². The first-order chi connectivity index (χ1) is 21.2. The van der Waals surface area contributed by atoms with E-state index in [4.69, 9.17) is 26.1 Å². The van der Waals surface area contributed by atoms with E-state index < -0.39 is 0 Å². The van der Waals surface area contributed by atoms with Crippen LogP contribution in [0, 0.1) is 5.82 Å². The van der Waals surface area contributed by atoms with E-state index in [9.17, 15) is 9.18 Å². The molecule has 0 bridgehead atoms. The lowest BCUT2D eigenvalue weighted by molar-refractivity contribution is -0.142. The van der Waals surface area contributed by atoms with Crippen LogP contribution in [0.1, 0.15) is 63.0 Å². The first-order valence-corrected chi connectivity index (χ1v) is 15.8. The average molecular weight is 620 g/mol. The van der Waals surface area contributed by atoms with E-state index in [-0.39, 0.29) is 29.5 Å². The number of ether oxygens (including phenoxy) is 2. The first-order valence-electron chi connectivity index (χ1n) is 15.4. The zero-order valence-corrected chi connectivity index (χ0v) is 26.0. The molecule has 0 saturated carbocycles. The molecule has 2 saturated heterocycles. The molecule has 0 radical (unpaired) electrons. The van der Waals surface area contributed by atoms with Crippen molar-refractivity contribution in [1.82, 2.24) is 19.9 Å². The number of carbonyl (C=O) groups is 1. The van der Waals surface area contributed by atoms with Crippen LogP contribution < -0.4 is 15.4 Å². The van der Waals surface area contributed by atoms with Crippen molar-refractivity contribution in [2.75, 3.05) is 18.5 Å². The normalized spacial score (nSPS) is 22.2. The second-order valence-corrected chi connectivity index (χ2v) is 12.7. The quantitative estimate of drug-likeness (QED) is 0.223. The molecule has 4 aromatic rings. The van der Waals surface area contributed by atoms with Crippen LogP contribution >= 0.6 is 11.6 Å². The fourth-order valence-corrected chi connectivity index (χ4v) is 6.31. The number of aromatic nitrogens is 3. The minimum absolute atomic E-state index is 0.0472.